The number of nitrogens with two attached hydrogens (primary N) is 1. The lowest BCUT2D eigenvalue weighted by molar-refractivity contribution is -0.157. The van der Waals surface area contributed by atoms with E-state index in [4.69, 9.17) is 10.5 Å². The van der Waals surface area contributed by atoms with E-state index >= 15 is 0 Å². The average molecular weight is 402 g/mol. The van der Waals surface area contributed by atoms with E-state index in [0.717, 1.165) is 5.56 Å². The summed E-state index contributed by atoms with van der Waals surface area (Å²) in [5.74, 6) is 0.153. The highest BCUT2D eigenvalue weighted by Gasteiger charge is 2.43. The molecule has 2 aromatic rings. The van der Waals surface area contributed by atoms with Crippen LogP contribution < -0.4 is 15.2 Å². The Kier molecular flexibility index (Phi) is 6.06. The van der Waals surface area contributed by atoms with Gasteiger partial charge in [-0.2, -0.15) is 17.9 Å². The molecule has 27 heavy (non-hydrogen) atoms. The van der Waals surface area contributed by atoms with Gasteiger partial charge in [0, 0.05) is 5.69 Å². The highest BCUT2D eigenvalue weighted by atomic mass is 32.2. The summed E-state index contributed by atoms with van der Waals surface area (Å²) in [6.45, 7) is 3.96. The van der Waals surface area contributed by atoms with Gasteiger partial charge in [0.1, 0.15) is 12.4 Å². The molecule has 0 radical (unpaired) electrons. The summed E-state index contributed by atoms with van der Waals surface area (Å²) in [5, 5.41) is 0. The first-order valence-electron chi connectivity index (χ1n) is 8.05. The molecule has 2 rings (SSSR count). The molecule has 5 nitrogen and oxygen atoms in total. The van der Waals surface area contributed by atoms with Gasteiger partial charge >= 0.3 is 6.18 Å². The first-order chi connectivity index (χ1) is 12.4. The van der Waals surface area contributed by atoms with Gasteiger partial charge in [0.15, 0.2) is 6.04 Å². The molecule has 2 aromatic carbocycles. The van der Waals surface area contributed by atoms with Crippen LogP contribution in [0.2, 0.25) is 0 Å². The lowest BCUT2D eigenvalue weighted by Gasteiger charge is -2.23. The monoisotopic (exact) mass is 402 g/mol. The average Bonchev–Trinajstić information content (AvgIpc) is 2.50. The summed E-state index contributed by atoms with van der Waals surface area (Å²) in [6, 6.07) is 6.57. The predicted octanol–water partition coefficient (Wildman–Crippen LogP) is 3.48. The van der Waals surface area contributed by atoms with Crippen molar-refractivity contribution in [2.75, 3.05) is 12.3 Å². The Labute approximate surface area is 156 Å². The van der Waals surface area contributed by atoms with Gasteiger partial charge in [-0.25, -0.2) is 8.42 Å². The highest BCUT2D eigenvalue weighted by Crippen LogP contribution is 2.26. The molecule has 0 aliphatic rings. The number of benzene rings is 2. The Morgan fingerprint density at radius 2 is 1.59 bits per heavy atom. The minimum atomic E-state index is -4.83. The second-order valence-corrected chi connectivity index (χ2v) is 7.97. The molecule has 1 atom stereocenters. The second kappa shape index (κ2) is 7.77. The summed E-state index contributed by atoms with van der Waals surface area (Å²) < 4.78 is 72.2. The lowest BCUT2D eigenvalue weighted by atomic mass is 10.1. The highest BCUT2D eigenvalue weighted by molar-refractivity contribution is 7.89. The summed E-state index contributed by atoms with van der Waals surface area (Å²) in [7, 11) is -4.40. The molecule has 0 spiro atoms. The number of nitrogen functional groups attached to an aromatic ring is 1. The molecule has 0 bridgehead atoms. The van der Waals surface area contributed by atoms with E-state index in [0.29, 0.717) is 16.8 Å². The number of aryl methyl sites for hydroxylation is 3. The first-order valence-corrected chi connectivity index (χ1v) is 9.53. The second-order valence-electron chi connectivity index (χ2n) is 6.32. The third-order valence-corrected chi connectivity index (χ3v) is 5.64. The molecule has 0 saturated carbocycles. The van der Waals surface area contributed by atoms with E-state index in [1.54, 1.807) is 37.6 Å². The number of ether oxygens (including phenoxy) is 1. The minimum absolute atomic E-state index is 0.153. The topological polar surface area (TPSA) is 81.4 Å². The summed E-state index contributed by atoms with van der Waals surface area (Å²) >= 11 is 0. The molecule has 1 unspecified atom stereocenters. The van der Waals surface area contributed by atoms with Gasteiger partial charge in [0.05, 0.1) is 4.90 Å². The Morgan fingerprint density at radius 1 is 1.07 bits per heavy atom. The van der Waals surface area contributed by atoms with Crippen LogP contribution in [0.25, 0.3) is 0 Å². The Morgan fingerprint density at radius 3 is 2.07 bits per heavy atom. The fourth-order valence-corrected chi connectivity index (χ4v) is 4.44. The number of anilines is 1. The maximum Gasteiger partial charge on any atom is 0.408 e. The Bertz CT molecular complexity index is 887. The van der Waals surface area contributed by atoms with Crippen molar-refractivity contribution in [3.05, 3.63) is 53.1 Å². The molecule has 0 heterocycles. The molecule has 0 aromatic heterocycles. The van der Waals surface area contributed by atoms with E-state index in [9.17, 15) is 21.6 Å². The van der Waals surface area contributed by atoms with Crippen molar-refractivity contribution in [3.63, 3.8) is 0 Å². The Balaban J connectivity index is 2.26. The minimum Gasteiger partial charge on any atom is -0.492 e. The number of halogens is 3. The van der Waals surface area contributed by atoms with E-state index in [-0.39, 0.29) is 10.6 Å². The summed E-state index contributed by atoms with van der Waals surface area (Å²) in [6.07, 6.45) is -4.83. The third kappa shape index (κ3) is 5.36. The third-order valence-electron chi connectivity index (χ3n) is 3.86. The van der Waals surface area contributed by atoms with E-state index in [1.807, 2.05) is 0 Å². The maximum atomic E-state index is 13.4. The maximum absolute atomic E-state index is 13.4. The van der Waals surface area contributed by atoms with Crippen molar-refractivity contribution < 1.29 is 26.3 Å². The van der Waals surface area contributed by atoms with Gasteiger partial charge < -0.3 is 10.5 Å². The largest absolute Gasteiger partial charge is 0.492 e. The number of hydrogen-bond donors (Lipinski definition) is 2. The van der Waals surface area contributed by atoms with Crippen LogP contribution in [-0.2, 0) is 10.0 Å². The fourth-order valence-electron chi connectivity index (χ4n) is 2.78. The summed E-state index contributed by atoms with van der Waals surface area (Å²) in [4.78, 5) is -0.158. The first kappa shape index (κ1) is 21.0. The number of alkyl halides is 3. The van der Waals surface area contributed by atoms with Gasteiger partial charge in [-0.3, -0.25) is 0 Å². The standard InChI is InChI=1S/C18H21F3N2O3S/c1-11-8-12(2)17(13(3)9-11)27(24,25)23-16(18(19,20)21)10-26-15-6-4-14(22)5-7-15/h4-9,16,23H,10,22H2,1-3H3. The molecule has 0 aliphatic heterocycles. The van der Waals surface area contributed by atoms with Crippen molar-refractivity contribution in [3.8, 4) is 5.75 Å². The molecule has 3 N–H and O–H groups in total. The van der Waals surface area contributed by atoms with Crippen LogP contribution in [0, 0.1) is 20.8 Å². The molecule has 0 amide bonds. The molecule has 0 aliphatic carbocycles. The van der Waals surface area contributed by atoms with Crippen LogP contribution >= 0.6 is 0 Å². The molecule has 148 valence electrons. The van der Waals surface area contributed by atoms with Crippen LogP contribution in [0.5, 0.6) is 5.75 Å². The van der Waals surface area contributed by atoms with Crippen molar-refractivity contribution in [1.29, 1.82) is 0 Å². The van der Waals surface area contributed by atoms with E-state index < -0.39 is 28.8 Å². The molecular formula is C18H21F3N2O3S. The zero-order valence-corrected chi connectivity index (χ0v) is 15.9. The van der Waals surface area contributed by atoms with Crippen LogP contribution in [0.3, 0.4) is 0 Å². The molecule has 9 heteroatoms. The van der Waals surface area contributed by atoms with Crippen molar-refractivity contribution in [1.82, 2.24) is 4.72 Å². The smallest absolute Gasteiger partial charge is 0.408 e. The van der Waals surface area contributed by atoms with Crippen LogP contribution in [0.4, 0.5) is 18.9 Å². The lowest BCUT2D eigenvalue weighted by Crippen LogP contribution is -2.49. The Hall–Kier alpha value is -2.26. The van der Waals surface area contributed by atoms with E-state index in [1.165, 1.54) is 24.3 Å². The van der Waals surface area contributed by atoms with Gasteiger partial charge in [-0.05, 0) is 56.2 Å². The zero-order valence-electron chi connectivity index (χ0n) is 15.1. The van der Waals surface area contributed by atoms with Gasteiger partial charge in [-0.1, -0.05) is 17.7 Å². The van der Waals surface area contributed by atoms with Crippen LogP contribution in [0.1, 0.15) is 16.7 Å². The number of nitrogens with one attached hydrogen (secondary N) is 1. The summed E-state index contributed by atoms with van der Waals surface area (Å²) in [5.41, 5.74) is 7.52. The normalized spacial score (nSPS) is 13.4. The SMILES string of the molecule is Cc1cc(C)c(S(=O)(=O)NC(COc2ccc(N)cc2)C(F)(F)F)c(C)c1. The van der Waals surface area contributed by atoms with Crippen molar-refractivity contribution in [2.45, 2.75) is 37.9 Å². The van der Waals surface area contributed by atoms with Gasteiger partial charge in [0.25, 0.3) is 0 Å². The molecule has 0 fully saturated rings. The number of hydrogen-bond acceptors (Lipinski definition) is 4. The van der Waals surface area contributed by atoms with E-state index in [2.05, 4.69) is 0 Å². The quantitative estimate of drug-likeness (QED) is 0.725. The fraction of sp³-hybridized carbons (Fsp3) is 0.333. The molecular weight excluding hydrogens is 381 g/mol. The van der Waals surface area contributed by atoms with Crippen LogP contribution in [0.15, 0.2) is 41.3 Å². The van der Waals surface area contributed by atoms with Crippen molar-refractivity contribution >= 4 is 15.7 Å². The number of rotatable bonds is 6. The predicted molar refractivity (Wildman–Crippen MR) is 97.2 cm³/mol. The molecule has 0 saturated heterocycles. The number of sulfonamides is 1. The van der Waals surface area contributed by atoms with Gasteiger partial charge in [-0.15, -0.1) is 0 Å². The zero-order chi connectivity index (χ0) is 20.4. The van der Waals surface area contributed by atoms with Crippen LogP contribution in [-0.4, -0.2) is 27.2 Å². The van der Waals surface area contributed by atoms with Gasteiger partial charge in [0.2, 0.25) is 10.0 Å². The van der Waals surface area contributed by atoms with Crippen molar-refractivity contribution in [2.24, 2.45) is 0 Å².